The fourth-order valence-corrected chi connectivity index (χ4v) is 4.59. The van der Waals surface area contributed by atoms with Gasteiger partial charge in [-0.25, -0.2) is 0 Å². The number of methoxy groups -OCH3 is 1. The highest BCUT2D eigenvalue weighted by Gasteiger charge is 2.52. The molecule has 0 saturated heterocycles. The van der Waals surface area contributed by atoms with Gasteiger partial charge in [0.1, 0.15) is 17.3 Å². The first-order valence-electron chi connectivity index (χ1n) is 9.66. The molecule has 0 aromatic heterocycles. The summed E-state index contributed by atoms with van der Waals surface area (Å²) in [4.78, 5) is 24.7. The van der Waals surface area contributed by atoms with E-state index in [9.17, 15) is 14.9 Å². The van der Waals surface area contributed by atoms with Gasteiger partial charge in [0.25, 0.3) is 6.04 Å². The number of ketones is 1. The van der Waals surface area contributed by atoms with Crippen LogP contribution < -0.4 is 9.47 Å². The molecule has 1 aliphatic heterocycles. The van der Waals surface area contributed by atoms with E-state index < -0.39 is 18.1 Å². The standard InChI is InChI=1S/C22H23NO5/c1-27-15-11-12-19-17(13-15)20(16-9-5-6-10-18(16)24)21(23(25)26)22(28-19)14-7-3-2-4-8-14/h2-4,7-8,11-13,16,20-22H,5-6,9-10H2,1H3/t16-,20-,21+,22+/m0/s1. The van der Waals surface area contributed by atoms with Crippen LogP contribution in [0.25, 0.3) is 0 Å². The number of Topliss-reactive ketones (excluding diaryl/α,β-unsaturated/α-hetero) is 1. The highest BCUT2D eigenvalue weighted by molar-refractivity contribution is 5.83. The molecule has 6 nitrogen and oxygen atoms in total. The minimum Gasteiger partial charge on any atom is -0.497 e. The van der Waals surface area contributed by atoms with Crippen LogP contribution in [0.5, 0.6) is 11.5 Å². The van der Waals surface area contributed by atoms with E-state index in [4.69, 9.17) is 9.47 Å². The molecule has 2 aromatic carbocycles. The molecular weight excluding hydrogens is 358 g/mol. The first-order valence-corrected chi connectivity index (χ1v) is 9.66. The molecule has 146 valence electrons. The van der Waals surface area contributed by atoms with Crippen molar-refractivity contribution in [2.75, 3.05) is 7.11 Å². The van der Waals surface area contributed by atoms with E-state index in [1.165, 1.54) is 0 Å². The Hall–Kier alpha value is -2.89. The van der Waals surface area contributed by atoms with E-state index in [2.05, 4.69) is 0 Å². The molecule has 1 heterocycles. The van der Waals surface area contributed by atoms with Crippen LogP contribution in [0.1, 0.15) is 48.8 Å². The summed E-state index contributed by atoms with van der Waals surface area (Å²) < 4.78 is 11.5. The Morgan fingerprint density at radius 3 is 2.61 bits per heavy atom. The molecule has 0 N–H and O–H groups in total. The summed E-state index contributed by atoms with van der Waals surface area (Å²) in [7, 11) is 1.56. The lowest BCUT2D eigenvalue weighted by Crippen LogP contribution is -2.45. The van der Waals surface area contributed by atoms with Crippen LogP contribution in [0.4, 0.5) is 0 Å². The third-order valence-corrected chi connectivity index (χ3v) is 5.92. The van der Waals surface area contributed by atoms with Crippen molar-refractivity contribution in [1.29, 1.82) is 0 Å². The Labute approximate surface area is 163 Å². The molecule has 1 saturated carbocycles. The second kappa shape index (κ2) is 7.62. The lowest BCUT2D eigenvalue weighted by Gasteiger charge is -2.39. The summed E-state index contributed by atoms with van der Waals surface area (Å²) in [5.41, 5.74) is 1.45. The van der Waals surface area contributed by atoms with Crippen LogP contribution in [0.15, 0.2) is 48.5 Å². The third kappa shape index (κ3) is 3.23. The number of carbonyl (C=O) groups excluding carboxylic acids is 1. The summed E-state index contributed by atoms with van der Waals surface area (Å²) in [6.07, 6.45) is 2.19. The summed E-state index contributed by atoms with van der Waals surface area (Å²) in [5.74, 6) is 0.412. The molecule has 6 heteroatoms. The highest BCUT2D eigenvalue weighted by Crippen LogP contribution is 2.50. The zero-order chi connectivity index (χ0) is 19.7. The van der Waals surface area contributed by atoms with Crippen LogP contribution in [0.2, 0.25) is 0 Å². The number of nitrogens with zero attached hydrogens (tertiary/aromatic N) is 1. The van der Waals surface area contributed by atoms with E-state index in [0.717, 1.165) is 18.4 Å². The van der Waals surface area contributed by atoms with Crippen molar-refractivity contribution in [2.45, 2.75) is 43.7 Å². The van der Waals surface area contributed by atoms with E-state index in [1.807, 2.05) is 30.3 Å². The zero-order valence-corrected chi connectivity index (χ0v) is 15.7. The van der Waals surface area contributed by atoms with E-state index >= 15 is 0 Å². The number of ether oxygens (including phenoxy) is 2. The predicted octanol–water partition coefficient (Wildman–Crippen LogP) is 4.32. The molecule has 1 aliphatic carbocycles. The maximum Gasteiger partial charge on any atom is 0.261 e. The van der Waals surface area contributed by atoms with Gasteiger partial charge in [-0.1, -0.05) is 36.8 Å². The molecule has 4 atom stereocenters. The Morgan fingerprint density at radius 1 is 1.14 bits per heavy atom. The van der Waals surface area contributed by atoms with Crippen molar-refractivity contribution >= 4 is 5.78 Å². The second-order valence-corrected chi connectivity index (χ2v) is 7.47. The summed E-state index contributed by atoms with van der Waals surface area (Å²) in [6.45, 7) is 0. The van der Waals surface area contributed by atoms with Gasteiger partial charge in [0.2, 0.25) is 0 Å². The first kappa shape index (κ1) is 18.5. The fraction of sp³-hybridized carbons (Fsp3) is 0.409. The van der Waals surface area contributed by atoms with Crippen molar-refractivity contribution in [1.82, 2.24) is 0 Å². The normalized spacial score (nSPS) is 26.8. The van der Waals surface area contributed by atoms with Crippen LogP contribution in [0, 0.1) is 16.0 Å². The second-order valence-electron chi connectivity index (χ2n) is 7.47. The SMILES string of the molecule is COc1ccc2c(c1)[C@H]([C@H]1CCCCC1=O)[C@@H]([N+](=O)[O-])[C@@H](c1ccccc1)O2. The van der Waals surface area contributed by atoms with Gasteiger partial charge < -0.3 is 9.47 Å². The molecule has 2 aromatic rings. The average molecular weight is 381 g/mol. The van der Waals surface area contributed by atoms with E-state index in [-0.39, 0.29) is 16.6 Å². The number of rotatable bonds is 4. The van der Waals surface area contributed by atoms with Gasteiger partial charge >= 0.3 is 0 Å². The Balaban J connectivity index is 1.87. The third-order valence-electron chi connectivity index (χ3n) is 5.92. The Morgan fingerprint density at radius 2 is 1.93 bits per heavy atom. The molecule has 0 radical (unpaired) electrons. The van der Waals surface area contributed by atoms with E-state index in [0.29, 0.717) is 29.9 Å². The van der Waals surface area contributed by atoms with Gasteiger partial charge in [0, 0.05) is 22.8 Å². The number of nitro groups is 1. The van der Waals surface area contributed by atoms with Crippen molar-refractivity contribution in [2.24, 2.45) is 5.92 Å². The van der Waals surface area contributed by atoms with E-state index in [1.54, 1.807) is 25.3 Å². The number of benzene rings is 2. The number of hydrogen-bond donors (Lipinski definition) is 0. The molecule has 1 fully saturated rings. The number of carbonyl (C=O) groups is 1. The lowest BCUT2D eigenvalue weighted by atomic mass is 9.69. The van der Waals surface area contributed by atoms with Gasteiger partial charge in [0.05, 0.1) is 13.0 Å². The monoisotopic (exact) mass is 381 g/mol. The molecule has 2 aliphatic rings. The molecule has 0 unspecified atom stereocenters. The van der Waals surface area contributed by atoms with Gasteiger partial charge in [-0.05, 0) is 36.6 Å². The molecule has 0 amide bonds. The fourth-order valence-electron chi connectivity index (χ4n) is 4.59. The minimum atomic E-state index is -1.03. The van der Waals surface area contributed by atoms with Crippen molar-refractivity contribution < 1.29 is 19.2 Å². The Bertz CT molecular complexity index is 882. The lowest BCUT2D eigenvalue weighted by molar-refractivity contribution is -0.541. The number of hydrogen-bond acceptors (Lipinski definition) is 5. The maximum absolute atomic E-state index is 12.8. The Kier molecular flexibility index (Phi) is 5.03. The van der Waals surface area contributed by atoms with Gasteiger partial charge in [0.15, 0.2) is 6.10 Å². The van der Waals surface area contributed by atoms with Gasteiger partial charge in [-0.3, -0.25) is 14.9 Å². The van der Waals surface area contributed by atoms with Crippen LogP contribution >= 0.6 is 0 Å². The number of fused-ring (bicyclic) bond motifs is 1. The summed E-state index contributed by atoms with van der Waals surface area (Å²) >= 11 is 0. The zero-order valence-electron chi connectivity index (χ0n) is 15.7. The topological polar surface area (TPSA) is 78.7 Å². The summed E-state index contributed by atoms with van der Waals surface area (Å²) in [5, 5.41) is 12.2. The smallest absolute Gasteiger partial charge is 0.261 e. The van der Waals surface area contributed by atoms with Crippen molar-refractivity contribution in [3.63, 3.8) is 0 Å². The van der Waals surface area contributed by atoms with Crippen LogP contribution in [0.3, 0.4) is 0 Å². The molecule has 0 bridgehead atoms. The summed E-state index contributed by atoms with van der Waals surface area (Å²) in [6, 6.07) is 13.6. The quantitative estimate of drug-likeness (QED) is 0.582. The first-order chi connectivity index (χ1) is 13.6. The van der Waals surface area contributed by atoms with Crippen molar-refractivity contribution in [3.05, 3.63) is 69.8 Å². The van der Waals surface area contributed by atoms with Crippen LogP contribution in [-0.2, 0) is 4.79 Å². The molecule has 28 heavy (non-hydrogen) atoms. The van der Waals surface area contributed by atoms with Gasteiger partial charge in [-0.2, -0.15) is 0 Å². The average Bonchev–Trinajstić information content (AvgIpc) is 2.73. The molecular formula is C22H23NO5. The highest BCUT2D eigenvalue weighted by atomic mass is 16.6. The maximum atomic E-state index is 12.8. The molecule has 4 rings (SSSR count). The predicted molar refractivity (Wildman–Crippen MR) is 103 cm³/mol. The van der Waals surface area contributed by atoms with Gasteiger partial charge in [-0.15, -0.1) is 0 Å². The molecule has 0 spiro atoms. The largest absolute Gasteiger partial charge is 0.497 e. The minimum absolute atomic E-state index is 0.116. The van der Waals surface area contributed by atoms with Crippen LogP contribution in [-0.4, -0.2) is 23.9 Å². The van der Waals surface area contributed by atoms with Crippen molar-refractivity contribution in [3.8, 4) is 11.5 Å².